The number of hydrogen-bond donors (Lipinski definition) is 2. The molecule has 0 aromatic heterocycles. The number of carboxylic acids is 1. The molecule has 1 aliphatic heterocycles. The van der Waals surface area contributed by atoms with Gasteiger partial charge in [-0.15, -0.1) is 0 Å². The number of Topliss-reactive ketones (excluding diaryl/α,β-unsaturated/α-hetero) is 1. The minimum Gasteiger partial charge on any atom is -0.492 e. The lowest BCUT2D eigenvalue weighted by molar-refractivity contribution is -0.143. The Hall–Kier alpha value is -2.08. The van der Waals surface area contributed by atoms with E-state index >= 15 is 0 Å². The number of aliphatic carboxylic acids is 1. The van der Waals surface area contributed by atoms with Crippen LogP contribution >= 0.6 is 0 Å². The molecule has 1 aliphatic rings. The molecule has 0 saturated carbocycles. The first-order valence-corrected chi connectivity index (χ1v) is 8.02. The van der Waals surface area contributed by atoms with Crippen molar-refractivity contribution in [3.8, 4) is 5.75 Å². The number of hydrogen-bond acceptors (Lipinski definition) is 5. The Bertz CT molecular complexity index is 566. The van der Waals surface area contributed by atoms with E-state index in [0.717, 1.165) is 13.1 Å². The van der Waals surface area contributed by atoms with Gasteiger partial charge in [0.25, 0.3) is 0 Å². The van der Waals surface area contributed by atoms with E-state index < -0.39 is 5.97 Å². The summed E-state index contributed by atoms with van der Waals surface area (Å²) >= 11 is 0. The fourth-order valence-electron chi connectivity index (χ4n) is 2.82. The Morgan fingerprint density at radius 3 is 2.61 bits per heavy atom. The molecule has 0 atom stereocenters. The summed E-state index contributed by atoms with van der Waals surface area (Å²) in [6.07, 6.45) is 1.71. The van der Waals surface area contributed by atoms with E-state index in [2.05, 4.69) is 4.90 Å². The van der Waals surface area contributed by atoms with Crippen molar-refractivity contribution >= 4 is 17.4 Å². The first kappa shape index (κ1) is 17.3. The third-order valence-corrected chi connectivity index (χ3v) is 4.22. The zero-order chi connectivity index (χ0) is 16.8. The number of carbonyl (C=O) groups is 2. The SMILES string of the molecule is CCOc1ccc(C(=O)CCN2CCC(C(=O)O)CC2)cc1N. The van der Waals surface area contributed by atoms with E-state index in [0.29, 0.717) is 49.4 Å². The molecule has 1 fully saturated rings. The van der Waals surface area contributed by atoms with E-state index in [1.54, 1.807) is 18.2 Å². The molecule has 1 aromatic rings. The lowest BCUT2D eigenvalue weighted by atomic mass is 9.97. The minimum atomic E-state index is -0.717. The number of piperidine rings is 1. The van der Waals surface area contributed by atoms with E-state index in [1.807, 2.05) is 6.92 Å². The molecule has 0 aliphatic carbocycles. The van der Waals surface area contributed by atoms with Gasteiger partial charge in [0, 0.05) is 18.5 Å². The average molecular weight is 320 g/mol. The molecule has 1 heterocycles. The maximum atomic E-state index is 12.3. The van der Waals surface area contributed by atoms with Gasteiger partial charge in [0.1, 0.15) is 5.75 Å². The summed E-state index contributed by atoms with van der Waals surface area (Å²) < 4.78 is 5.36. The topological polar surface area (TPSA) is 92.9 Å². The van der Waals surface area contributed by atoms with E-state index in [9.17, 15) is 9.59 Å². The van der Waals surface area contributed by atoms with Crippen LogP contribution in [0.1, 0.15) is 36.5 Å². The van der Waals surface area contributed by atoms with Crippen molar-refractivity contribution in [1.29, 1.82) is 0 Å². The van der Waals surface area contributed by atoms with Gasteiger partial charge >= 0.3 is 5.97 Å². The van der Waals surface area contributed by atoms with Gasteiger partial charge in [-0.2, -0.15) is 0 Å². The first-order valence-electron chi connectivity index (χ1n) is 8.02. The van der Waals surface area contributed by atoms with Crippen molar-refractivity contribution in [1.82, 2.24) is 4.90 Å². The predicted molar refractivity (Wildman–Crippen MR) is 87.8 cm³/mol. The van der Waals surface area contributed by atoms with Crippen LogP contribution in [0.2, 0.25) is 0 Å². The van der Waals surface area contributed by atoms with Crippen molar-refractivity contribution in [2.24, 2.45) is 5.92 Å². The predicted octanol–water partition coefficient (Wildman–Crippen LogP) is 2.04. The molecular formula is C17H24N2O4. The molecule has 0 amide bonds. The summed E-state index contributed by atoms with van der Waals surface area (Å²) in [6.45, 7) is 4.53. The van der Waals surface area contributed by atoms with Gasteiger partial charge in [-0.1, -0.05) is 0 Å². The summed E-state index contributed by atoms with van der Waals surface area (Å²) in [7, 11) is 0. The van der Waals surface area contributed by atoms with Crippen LogP contribution in [-0.2, 0) is 4.79 Å². The number of anilines is 1. The number of nitrogen functional groups attached to an aromatic ring is 1. The number of likely N-dealkylation sites (tertiary alicyclic amines) is 1. The highest BCUT2D eigenvalue weighted by molar-refractivity contribution is 5.97. The highest BCUT2D eigenvalue weighted by Crippen LogP contribution is 2.23. The van der Waals surface area contributed by atoms with Crippen LogP contribution in [0.3, 0.4) is 0 Å². The van der Waals surface area contributed by atoms with E-state index in [-0.39, 0.29) is 11.7 Å². The molecule has 0 unspecified atom stereocenters. The average Bonchev–Trinajstić information content (AvgIpc) is 2.55. The van der Waals surface area contributed by atoms with E-state index in [1.165, 1.54) is 0 Å². The summed E-state index contributed by atoms with van der Waals surface area (Å²) in [6, 6.07) is 5.12. The number of nitrogens with two attached hydrogens (primary N) is 1. The Kier molecular flexibility index (Phi) is 5.98. The van der Waals surface area contributed by atoms with Crippen molar-refractivity contribution in [2.45, 2.75) is 26.2 Å². The van der Waals surface area contributed by atoms with Crippen LogP contribution in [0.25, 0.3) is 0 Å². The standard InChI is InChI=1S/C17H24N2O4/c1-2-23-16-4-3-13(11-14(16)18)15(20)7-10-19-8-5-12(6-9-19)17(21)22/h3-4,11-12H,2,5-10,18H2,1H3,(H,21,22). The van der Waals surface area contributed by atoms with Gasteiger partial charge in [-0.3, -0.25) is 9.59 Å². The number of nitrogens with zero attached hydrogens (tertiary/aromatic N) is 1. The molecule has 0 radical (unpaired) electrons. The second-order valence-electron chi connectivity index (χ2n) is 5.81. The van der Waals surface area contributed by atoms with E-state index in [4.69, 9.17) is 15.6 Å². The lowest BCUT2D eigenvalue weighted by Gasteiger charge is -2.29. The highest BCUT2D eigenvalue weighted by atomic mass is 16.5. The minimum absolute atomic E-state index is 0.0418. The Labute approximate surface area is 136 Å². The normalized spacial score (nSPS) is 16.2. The molecule has 0 bridgehead atoms. The first-order chi connectivity index (χ1) is 11.0. The third-order valence-electron chi connectivity index (χ3n) is 4.22. The molecule has 6 heteroatoms. The van der Waals surface area contributed by atoms with Gasteiger partial charge in [0.15, 0.2) is 5.78 Å². The molecular weight excluding hydrogens is 296 g/mol. The molecule has 0 spiro atoms. The summed E-state index contributed by atoms with van der Waals surface area (Å²) in [5.74, 6) is -0.321. The van der Waals surface area contributed by atoms with Crippen molar-refractivity contribution in [2.75, 3.05) is 32.0 Å². The number of benzene rings is 1. The smallest absolute Gasteiger partial charge is 0.306 e. The Balaban J connectivity index is 1.83. The summed E-state index contributed by atoms with van der Waals surface area (Å²) in [4.78, 5) is 25.3. The zero-order valence-electron chi connectivity index (χ0n) is 13.5. The number of ether oxygens (including phenoxy) is 1. The molecule has 1 aromatic carbocycles. The number of carbonyl (C=O) groups excluding carboxylic acids is 1. The summed E-state index contributed by atoms with van der Waals surface area (Å²) in [5.41, 5.74) is 6.95. The Morgan fingerprint density at radius 2 is 2.04 bits per heavy atom. The maximum Gasteiger partial charge on any atom is 0.306 e. The molecule has 126 valence electrons. The zero-order valence-corrected chi connectivity index (χ0v) is 13.5. The van der Waals surface area contributed by atoms with Gasteiger partial charge < -0.3 is 20.5 Å². The monoisotopic (exact) mass is 320 g/mol. The molecule has 23 heavy (non-hydrogen) atoms. The second kappa shape index (κ2) is 7.97. The van der Waals surface area contributed by atoms with Gasteiger partial charge in [-0.05, 0) is 51.1 Å². The maximum absolute atomic E-state index is 12.3. The van der Waals surface area contributed by atoms with Crippen molar-refractivity contribution < 1.29 is 19.4 Å². The molecule has 1 saturated heterocycles. The fourth-order valence-corrected chi connectivity index (χ4v) is 2.82. The third kappa shape index (κ3) is 4.69. The van der Waals surface area contributed by atoms with Crippen LogP contribution in [0.15, 0.2) is 18.2 Å². The van der Waals surface area contributed by atoms with Crippen LogP contribution in [0.4, 0.5) is 5.69 Å². The Morgan fingerprint density at radius 1 is 1.35 bits per heavy atom. The number of carboxylic acid groups (broad SMARTS) is 1. The van der Waals surface area contributed by atoms with Crippen molar-refractivity contribution in [3.63, 3.8) is 0 Å². The van der Waals surface area contributed by atoms with Gasteiger partial charge in [0.2, 0.25) is 0 Å². The molecule has 6 nitrogen and oxygen atoms in total. The van der Waals surface area contributed by atoms with Gasteiger partial charge in [-0.25, -0.2) is 0 Å². The van der Waals surface area contributed by atoms with Crippen LogP contribution in [0, 0.1) is 5.92 Å². The van der Waals surface area contributed by atoms with Gasteiger partial charge in [0.05, 0.1) is 18.2 Å². The molecule has 3 N–H and O–H groups in total. The summed E-state index contributed by atoms with van der Waals surface area (Å²) in [5, 5.41) is 8.98. The molecule has 2 rings (SSSR count). The van der Waals surface area contributed by atoms with Crippen LogP contribution in [0.5, 0.6) is 5.75 Å². The fraction of sp³-hybridized carbons (Fsp3) is 0.529. The van der Waals surface area contributed by atoms with Crippen LogP contribution < -0.4 is 10.5 Å². The van der Waals surface area contributed by atoms with Crippen LogP contribution in [-0.4, -0.2) is 48.0 Å². The number of ketones is 1. The lowest BCUT2D eigenvalue weighted by Crippen LogP contribution is -2.37. The number of rotatable bonds is 7. The van der Waals surface area contributed by atoms with Crippen molar-refractivity contribution in [3.05, 3.63) is 23.8 Å². The quantitative estimate of drug-likeness (QED) is 0.590. The highest BCUT2D eigenvalue weighted by Gasteiger charge is 2.24. The largest absolute Gasteiger partial charge is 0.492 e. The second-order valence-corrected chi connectivity index (χ2v) is 5.81.